The second-order valence-electron chi connectivity index (χ2n) is 5.50. The van der Waals surface area contributed by atoms with Crippen molar-refractivity contribution < 1.29 is 29.6 Å². The fourth-order valence-electron chi connectivity index (χ4n) is 2.69. The van der Waals surface area contributed by atoms with Crippen molar-refractivity contribution in [1.29, 1.82) is 0 Å². The highest BCUT2D eigenvalue weighted by atomic mass is 16.7. The highest BCUT2D eigenvalue weighted by molar-refractivity contribution is 5.89. The molecule has 0 saturated carbocycles. The number of esters is 1. The second kappa shape index (κ2) is 6.74. The number of carbonyl (C=O) groups excluding carboxylic acids is 1. The molecule has 1 saturated heterocycles. The molecule has 0 aromatic heterocycles. The lowest BCUT2D eigenvalue weighted by Gasteiger charge is -2.38. The van der Waals surface area contributed by atoms with Crippen LogP contribution in [0, 0.1) is 0 Å². The number of ether oxygens (including phenoxy) is 2. The van der Waals surface area contributed by atoms with E-state index in [1.165, 1.54) is 0 Å². The van der Waals surface area contributed by atoms with Crippen LogP contribution >= 0.6 is 0 Å². The quantitative estimate of drug-likeness (QED) is 0.516. The minimum Gasteiger partial charge on any atom is -0.429 e. The molecule has 7 heteroatoms. The van der Waals surface area contributed by atoms with E-state index in [2.05, 4.69) is 5.32 Å². The van der Waals surface area contributed by atoms with Crippen LogP contribution in [0.15, 0.2) is 11.3 Å². The normalized spacial score (nSPS) is 37.3. The summed E-state index contributed by atoms with van der Waals surface area (Å²) >= 11 is 0. The van der Waals surface area contributed by atoms with Gasteiger partial charge in [0.1, 0.15) is 18.3 Å². The summed E-state index contributed by atoms with van der Waals surface area (Å²) in [6.45, 7) is 1.54. The van der Waals surface area contributed by atoms with Gasteiger partial charge in [0.15, 0.2) is 0 Å². The van der Waals surface area contributed by atoms with Crippen molar-refractivity contribution in [2.24, 2.45) is 0 Å². The van der Waals surface area contributed by atoms with Gasteiger partial charge in [0.05, 0.1) is 11.7 Å². The monoisotopic (exact) mass is 301 g/mol. The van der Waals surface area contributed by atoms with E-state index in [0.717, 1.165) is 25.0 Å². The zero-order valence-corrected chi connectivity index (χ0v) is 12.3. The Kier molecular flexibility index (Phi) is 5.21. The third-order valence-electron chi connectivity index (χ3n) is 4.05. The van der Waals surface area contributed by atoms with Crippen molar-refractivity contribution in [1.82, 2.24) is 5.32 Å². The summed E-state index contributed by atoms with van der Waals surface area (Å²) in [4.78, 5) is 12.2. The molecule has 21 heavy (non-hydrogen) atoms. The Labute approximate surface area is 123 Å². The Morgan fingerprint density at radius 1 is 1.19 bits per heavy atom. The molecule has 0 aromatic carbocycles. The maximum atomic E-state index is 12.2. The molecule has 2 aliphatic rings. The summed E-state index contributed by atoms with van der Waals surface area (Å²) in [5, 5.41) is 32.2. The molecule has 0 radical (unpaired) electrons. The summed E-state index contributed by atoms with van der Waals surface area (Å²) < 4.78 is 10.4. The summed E-state index contributed by atoms with van der Waals surface area (Å²) in [7, 11) is 1.75. The van der Waals surface area contributed by atoms with Crippen LogP contribution in [0.25, 0.3) is 0 Å². The fourth-order valence-corrected chi connectivity index (χ4v) is 2.69. The molecule has 1 heterocycles. The average molecular weight is 301 g/mol. The van der Waals surface area contributed by atoms with Crippen LogP contribution in [0.2, 0.25) is 0 Å². The number of hydrogen-bond acceptors (Lipinski definition) is 7. The lowest BCUT2D eigenvalue weighted by Crippen LogP contribution is -2.57. The van der Waals surface area contributed by atoms with Gasteiger partial charge in [-0.1, -0.05) is 0 Å². The molecule has 0 spiro atoms. The molecule has 0 amide bonds. The predicted octanol–water partition coefficient (Wildman–Crippen LogP) is -0.595. The van der Waals surface area contributed by atoms with Crippen LogP contribution in [0.3, 0.4) is 0 Å². The van der Waals surface area contributed by atoms with E-state index in [1.54, 1.807) is 14.0 Å². The van der Waals surface area contributed by atoms with Crippen LogP contribution in [-0.4, -0.2) is 59.0 Å². The van der Waals surface area contributed by atoms with Gasteiger partial charge in [-0.05, 0) is 32.6 Å². The molecule has 1 aliphatic carbocycles. The molecule has 0 bridgehead atoms. The number of nitrogens with one attached hydrogen (secondary N) is 1. The first kappa shape index (κ1) is 16.2. The SMILES string of the molecule is CNC1=C(C(=O)OC2OC(C)C(O)C(O)C2O)CCCC1. The van der Waals surface area contributed by atoms with E-state index < -0.39 is 36.7 Å². The van der Waals surface area contributed by atoms with Crippen LogP contribution in [0.4, 0.5) is 0 Å². The molecule has 7 nitrogen and oxygen atoms in total. The van der Waals surface area contributed by atoms with E-state index in [-0.39, 0.29) is 0 Å². The van der Waals surface area contributed by atoms with Crippen molar-refractivity contribution in [3.8, 4) is 0 Å². The Balaban J connectivity index is 2.07. The van der Waals surface area contributed by atoms with Crippen molar-refractivity contribution in [3.05, 3.63) is 11.3 Å². The summed E-state index contributed by atoms with van der Waals surface area (Å²) in [5.41, 5.74) is 1.39. The number of aliphatic hydroxyl groups is 3. The molecule has 120 valence electrons. The Morgan fingerprint density at radius 3 is 2.52 bits per heavy atom. The highest BCUT2D eigenvalue weighted by Crippen LogP contribution is 2.27. The number of rotatable bonds is 3. The molecule has 1 fully saturated rings. The van der Waals surface area contributed by atoms with Crippen LogP contribution in [-0.2, 0) is 14.3 Å². The first-order chi connectivity index (χ1) is 9.95. The van der Waals surface area contributed by atoms with E-state index >= 15 is 0 Å². The Bertz CT molecular complexity index is 424. The van der Waals surface area contributed by atoms with E-state index in [9.17, 15) is 20.1 Å². The third kappa shape index (κ3) is 3.37. The van der Waals surface area contributed by atoms with E-state index in [0.29, 0.717) is 12.0 Å². The van der Waals surface area contributed by atoms with E-state index in [1.807, 2.05) is 0 Å². The smallest absolute Gasteiger partial charge is 0.338 e. The average Bonchev–Trinajstić information content (AvgIpc) is 2.50. The van der Waals surface area contributed by atoms with Crippen molar-refractivity contribution >= 4 is 5.97 Å². The minimum absolute atomic E-state index is 0.549. The first-order valence-corrected chi connectivity index (χ1v) is 7.26. The van der Waals surface area contributed by atoms with Gasteiger partial charge in [-0.15, -0.1) is 0 Å². The second-order valence-corrected chi connectivity index (χ2v) is 5.50. The number of aliphatic hydroxyl groups excluding tert-OH is 3. The lowest BCUT2D eigenvalue weighted by atomic mass is 9.96. The minimum atomic E-state index is -1.47. The molecule has 4 N–H and O–H groups in total. The molecule has 2 rings (SSSR count). The van der Waals surface area contributed by atoms with Gasteiger partial charge in [0.25, 0.3) is 0 Å². The largest absolute Gasteiger partial charge is 0.429 e. The first-order valence-electron chi connectivity index (χ1n) is 7.26. The third-order valence-corrected chi connectivity index (χ3v) is 4.05. The van der Waals surface area contributed by atoms with Crippen LogP contribution in [0.5, 0.6) is 0 Å². The number of allylic oxidation sites excluding steroid dienone is 1. The highest BCUT2D eigenvalue weighted by Gasteiger charge is 2.44. The van der Waals surface area contributed by atoms with Crippen LogP contribution < -0.4 is 5.32 Å². The zero-order chi connectivity index (χ0) is 15.6. The molecular formula is C14H23NO6. The van der Waals surface area contributed by atoms with Gasteiger partial charge in [0.2, 0.25) is 6.29 Å². The summed E-state index contributed by atoms with van der Waals surface area (Å²) in [6.07, 6.45) is -2.79. The maximum Gasteiger partial charge on any atom is 0.338 e. The topological polar surface area (TPSA) is 108 Å². The maximum absolute atomic E-state index is 12.2. The van der Waals surface area contributed by atoms with Gasteiger partial charge in [-0.3, -0.25) is 0 Å². The molecule has 5 atom stereocenters. The van der Waals surface area contributed by atoms with Crippen LogP contribution in [0.1, 0.15) is 32.6 Å². The Hall–Kier alpha value is -1.15. The predicted molar refractivity (Wildman–Crippen MR) is 73.0 cm³/mol. The molecule has 1 aliphatic heterocycles. The van der Waals surface area contributed by atoms with E-state index in [4.69, 9.17) is 9.47 Å². The van der Waals surface area contributed by atoms with Crippen molar-refractivity contribution in [3.63, 3.8) is 0 Å². The standard InChI is InChI=1S/C14H23NO6/c1-7-10(16)11(17)12(18)14(20-7)21-13(19)8-5-3-4-6-9(8)15-2/h7,10-12,14-18H,3-6H2,1-2H3. The summed E-state index contributed by atoms with van der Waals surface area (Å²) in [5.74, 6) is -0.557. The van der Waals surface area contributed by atoms with Gasteiger partial charge < -0.3 is 30.1 Å². The number of carbonyl (C=O) groups is 1. The van der Waals surface area contributed by atoms with Gasteiger partial charge in [-0.2, -0.15) is 0 Å². The molecule has 5 unspecified atom stereocenters. The van der Waals surface area contributed by atoms with Gasteiger partial charge in [0, 0.05) is 12.7 Å². The van der Waals surface area contributed by atoms with Gasteiger partial charge in [-0.25, -0.2) is 4.79 Å². The molecular weight excluding hydrogens is 278 g/mol. The molecule has 0 aromatic rings. The fraction of sp³-hybridized carbons (Fsp3) is 0.786. The number of hydrogen-bond donors (Lipinski definition) is 4. The van der Waals surface area contributed by atoms with Gasteiger partial charge >= 0.3 is 5.97 Å². The Morgan fingerprint density at radius 2 is 1.86 bits per heavy atom. The summed E-state index contributed by atoms with van der Waals surface area (Å²) in [6, 6.07) is 0. The van der Waals surface area contributed by atoms with Crippen molar-refractivity contribution in [2.45, 2.75) is 63.3 Å². The zero-order valence-electron chi connectivity index (χ0n) is 12.3. The van der Waals surface area contributed by atoms with Crippen molar-refractivity contribution in [2.75, 3.05) is 7.05 Å². The lowest BCUT2D eigenvalue weighted by molar-refractivity contribution is -0.283.